The highest BCUT2D eigenvalue weighted by molar-refractivity contribution is 8.18. The quantitative estimate of drug-likeness (QED) is 0.487. The van der Waals surface area contributed by atoms with Crippen molar-refractivity contribution in [2.45, 2.75) is 33.3 Å². The molecule has 2 aromatic rings. The molecule has 1 aliphatic heterocycles. The molecule has 152 valence electrons. The fourth-order valence-electron chi connectivity index (χ4n) is 2.95. The number of hydrogen-bond acceptors (Lipinski definition) is 6. The minimum atomic E-state index is -0.594. The van der Waals surface area contributed by atoms with Crippen LogP contribution < -0.4 is 4.74 Å². The molecule has 1 saturated heterocycles. The Kier molecular flexibility index (Phi) is 6.59. The molecule has 2 amide bonds. The maximum absolute atomic E-state index is 12.8. The zero-order chi connectivity index (χ0) is 21.0. The van der Waals surface area contributed by atoms with Crippen molar-refractivity contribution in [1.82, 2.24) is 4.90 Å². The van der Waals surface area contributed by atoms with Gasteiger partial charge in [0.1, 0.15) is 12.3 Å². The van der Waals surface area contributed by atoms with Crippen LogP contribution in [0.3, 0.4) is 0 Å². The number of thioether (sulfide) groups is 1. The Balaban J connectivity index is 1.91. The zero-order valence-electron chi connectivity index (χ0n) is 16.6. The van der Waals surface area contributed by atoms with E-state index in [0.29, 0.717) is 18.8 Å². The highest BCUT2D eigenvalue weighted by Crippen LogP contribution is 2.36. The molecule has 29 heavy (non-hydrogen) atoms. The first kappa shape index (κ1) is 20.9. The highest BCUT2D eigenvalue weighted by atomic mass is 32.2. The van der Waals surface area contributed by atoms with Gasteiger partial charge in [0.2, 0.25) is 0 Å². The smallest absolute Gasteiger partial charge is 0.326 e. The van der Waals surface area contributed by atoms with Gasteiger partial charge in [-0.25, -0.2) is 0 Å². The normalized spacial score (nSPS) is 16.5. The van der Waals surface area contributed by atoms with E-state index in [1.165, 1.54) is 0 Å². The number of nitrogens with zero attached hydrogens (tertiary/aromatic N) is 1. The van der Waals surface area contributed by atoms with Crippen LogP contribution in [-0.2, 0) is 14.3 Å². The lowest BCUT2D eigenvalue weighted by Crippen LogP contribution is -2.35. The summed E-state index contributed by atoms with van der Waals surface area (Å²) < 4.78 is 10.9. The monoisotopic (exact) mass is 413 g/mol. The average molecular weight is 413 g/mol. The highest BCUT2D eigenvalue weighted by Gasteiger charge is 2.37. The van der Waals surface area contributed by atoms with Gasteiger partial charge in [-0.1, -0.05) is 37.3 Å². The second-order valence-electron chi connectivity index (χ2n) is 6.61. The van der Waals surface area contributed by atoms with Crippen LogP contribution in [0.4, 0.5) is 4.79 Å². The molecule has 3 rings (SSSR count). The molecule has 2 aromatic carbocycles. The molecular weight excluding hydrogens is 390 g/mol. The van der Waals surface area contributed by atoms with E-state index in [0.717, 1.165) is 33.0 Å². The SMILES string of the molecule is CCOc1ccc2ccccc2c1/C=C1/SC(=O)N(CC(=O)O[C@H](C)CC)C1=O. The summed E-state index contributed by atoms with van der Waals surface area (Å²) in [6.07, 6.45) is 2.06. The molecule has 1 aliphatic rings. The third kappa shape index (κ3) is 4.62. The van der Waals surface area contributed by atoms with Gasteiger partial charge in [0.15, 0.2) is 0 Å². The van der Waals surface area contributed by atoms with Crippen LogP contribution >= 0.6 is 11.8 Å². The molecule has 6 nitrogen and oxygen atoms in total. The molecule has 1 heterocycles. The van der Waals surface area contributed by atoms with Crippen LogP contribution in [0.2, 0.25) is 0 Å². The number of amides is 2. The number of carbonyl (C=O) groups excluding carboxylic acids is 3. The lowest BCUT2D eigenvalue weighted by Gasteiger charge is -2.15. The van der Waals surface area contributed by atoms with E-state index >= 15 is 0 Å². The lowest BCUT2D eigenvalue weighted by molar-refractivity contribution is -0.150. The predicted octanol–water partition coefficient (Wildman–Crippen LogP) is 4.62. The Morgan fingerprint density at radius 2 is 1.93 bits per heavy atom. The van der Waals surface area contributed by atoms with Gasteiger partial charge < -0.3 is 9.47 Å². The van der Waals surface area contributed by atoms with Crippen LogP contribution in [-0.4, -0.2) is 41.3 Å². The number of hydrogen-bond donors (Lipinski definition) is 0. The summed E-state index contributed by atoms with van der Waals surface area (Å²) in [6, 6.07) is 11.6. The minimum absolute atomic E-state index is 0.253. The standard InChI is InChI=1S/C22H23NO5S/c1-4-14(3)28-20(24)13-23-21(25)19(29-22(23)26)12-17-16-9-7-6-8-15(16)10-11-18(17)27-5-2/h6-12,14H,4-5,13H2,1-3H3/b19-12+/t14-/m1/s1. The number of carbonyl (C=O) groups is 3. The summed E-state index contributed by atoms with van der Waals surface area (Å²) in [7, 11) is 0. The first-order chi connectivity index (χ1) is 13.9. The molecule has 1 atom stereocenters. The first-order valence-corrected chi connectivity index (χ1v) is 10.4. The minimum Gasteiger partial charge on any atom is -0.493 e. The molecule has 0 saturated carbocycles. The first-order valence-electron chi connectivity index (χ1n) is 9.54. The summed E-state index contributed by atoms with van der Waals surface area (Å²) in [5, 5.41) is 1.43. The molecule has 1 fully saturated rings. The van der Waals surface area contributed by atoms with Gasteiger partial charge in [-0.2, -0.15) is 0 Å². The Hall–Kier alpha value is -2.80. The lowest BCUT2D eigenvalue weighted by atomic mass is 10.0. The third-order valence-electron chi connectivity index (χ3n) is 4.57. The maximum Gasteiger partial charge on any atom is 0.326 e. The molecular formula is C22H23NO5S. The van der Waals surface area contributed by atoms with E-state index in [1.54, 1.807) is 13.0 Å². The number of imide groups is 1. The van der Waals surface area contributed by atoms with Crippen molar-refractivity contribution in [2.24, 2.45) is 0 Å². The molecule has 0 N–H and O–H groups in total. The summed E-state index contributed by atoms with van der Waals surface area (Å²) >= 11 is 0.814. The summed E-state index contributed by atoms with van der Waals surface area (Å²) in [6.45, 7) is 5.63. The molecule has 0 radical (unpaired) electrons. The Morgan fingerprint density at radius 3 is 2.66 bits per heavy atom. The molecule has 0 aliphatic carbocycles. The van der Waals surface area contributed by atoms with E-state index in [4.69, 9.17) is 9.47 Å². The van der Waals surface area contributed by atoms with Crippen LogP contribution in [0.1, 0.15) is 32.8 Å². The largest absolute Gasteiger partial charge is 0.493 e. The number of ether oxygens (including phenoxy) is 2. The average Bonchev–Trinajstić information content (AvgIpc) is 2.97. The summed E-state index contributed by atoms with van der Waals surface area (Å²) in [5.41, 5.74) is 0.734. The Labute approximate surface area is 173 Å². The summed E-state index contributed by atoms with van der Waals surface area (Å²) in [5.74, 6) is -0.464. The van der Waals surface area contributed by atoms with E-state index < -0.39 is 17.1 Å². The molecule has 0 aromatic heterocycles. The van der Waals surface area contributed by atoms with Gasteiger partial charge in [-0.15, -0.1) is 0 Å². The Bertz CT molecular complexity index is 984. The van der Waals surface area contributed by atoms with Crippen molar-refractivity contribution >= 4 is 45.7 Å². The van der Waals surface area contributed by atoms with Gasteiger partial charge >= 0.3 is 5.97 Å². The topological polar surface area (TPSA) is 72.9 Å². The zero-order valence-corrected chi connectivity index (χ0v) is 17.5. The van der Waals surface area contributed by atoms with Crippen molar-refractivity contribution < 1.29 is 23.9 Å². The fourth-order valence-corrected chi connectivity index (χ4v) is 3.77. The Morgan fingerprint density at radius 1 is 1.17 bits per heavy atom. The van der Waals surface area contributed by atoms with E-state index in [2.05, 4.69) is 0 Å². The van der Waals surface area contributed by atoms with Crippen LogP contribution in [0.5, 0.6) is 5.75 Å². The van der Waals surface area contributed by atoms with Crippen molar-refractivity contribution in [3.8, 4) is 5.75 Å². The fraction of sp³-hybridized carbons (Fsp3) is 0.318. The van der Waals surface area contributed by atoms with Crippen LogP contribution in [0, 0.1) is 0 Å². The van der Waals surface area contributed by atoms with Crippen molar-refractivity contribution in [1.29, 1.82) is 0 Å². The van der Waals surface area contributed by atoms with Crippen molar-refractivity contribution in [3.63, 3.8) is 0 Å². The van der Waals surface area contributed by atoms with E-state index in [-0.39, 0.29) is 17.6 Å². The van der Waals surface area contributed by atoms with Crippen molar-refractivity contribution in [3.05, 3.63) is 46.9 Å². The van der Waals surface area contributed by atoms with Gasteiger partial charge in [-0.05, 0) is 54.9 Å². The number of rotatable bonds is 7. The molecule has 0 unspecified atom stereocenters. The molecule has 0 spiro atoms. The number of esters is 1. The van der Waals surface area contributed by atoms with E-state index in [1.807, 2.05) is 50.2 Å². The molecule has 7 heteroatoms. The second-order valence-corrected chi connectivity index (χ2v) is 7.60. The summed E-state index contributed by atoms with van der Waals surface area (Å²) in [4.78, 5) is 38.3. The molecule has 0 bridgehead atoms. The van der Waals surface area contributed by atoms with Gasteiger partial charge in [0.25, 0.3) is 11.1 Å². The van der Waals surface area contributed by atoms with Gasteiger partial charge in [0, 0.05) is 5.56 Å². The van der Waals surface area contributed by atoms with Crippen molar-refractivity contribution in [2.75, 3.05) is 13.2 Å². The number of fused-ring (bicyclic) bond motifs is 1. The van der Waals surface area contributed by atoms with Gasteiger partial charge in [-0.3, -0.25) is 19.3 Å². The number of benzene rings is 2. The van der Waals surface area contributed by atoms with E-state index in [9.17, 15) is 14.4 Å². The van der Waals surface area contributed by atoms with Crippen LogP contribution in [0.25, 0.3) is 16.8 Å². The second kappa shape index (κ2) is 9.13. The van der Waals surface area contributed by atoms with Crippen LogP contribution in [0.15, 0.2) is 41.3 Å². The third-order valence-corrected chi connectivity index (χ3v) is 5.48. The predicted molar refractivity (Wildman–Crippen MR) is 114 cm³/mol. The van der Waals surface area contributed by atoms with Gasteiger partial charge in [0.05, 0.1) is 17.6 Å². The maximum atomic E-state index is 12.8.